The van der Waals surface area contributed by atoms with Crippen molar-refractivity contribution >= 4 is 11.9 Å². The normalized spacial score (nSPS) is 10.0. The van der Waals surface area contributed by atoms with Gasteiger partial charge in [-0.1, -0.05) is 18.9 Å². The van der Waals surface area contributed by atoms with Crippen molar-refractivity contribution in [2.75, 3.05) is 5.32 Å². The molecular formula is C7H13N5O. The molecule has 0 aliphatic carbocycles. The Labute approximate surface area is 76.3 Å². The number of aryl methyl sites for hydroxylation is 1. The van der Waals surface area contributed by atoms with Crippen LogP contribution in [0.25, 0.3) is 0 Å². The summed E-state index contributed by atoms with van der Waals surface area (Å²) in [6.07, 6.45) is 1.36. The van der Waals surface area contributed by atoms with Crippen LogP contribution in [0.2, 0.25) is 0 Å². The van der Waals surface area contributed by atoms with Crippen LogP contribution in [-0.2, 0) is 11.3 Å². The fraction of sp³-hybridized carbons (Fsp3) is 0.714. The van der Waals surface area contributed by atoms with Crippen LogP contribution in [0.4, 0.5) is 5.95 Å². The first-order valence-corrected chi connectivity index (χ1v) is 4.34. The lowest BCUT2D eigenvalue weighted by Crippen LogP contribution is -2.11. The summed E-state index contributed by atoms with van der Waals surface area (Å²) in [4.78, 5) is 12.4. The second-order valence-electron chi connectivity index (χ2n) is 2.61. The number of hydrogen-bond donors (Lipinski definition) is 1. The second-order valence-corrected chi connectivity index (χ2v) is 2.61. The zero-order valence-electron chi connectivity index (χ0n) is 7.82. The zero-order chi connectivity index (χ0) is 9.68. The molecule has 1 aromatic heterocycles. The molecule has 0 aromatic carbocycles. The Hall–Kier alpha value is -1.46. The molecule has 1 rings (SSSR count). The van der Waals surface area contributed by atoms with Crippen LogP contribution in [0.3, 0.4) is 0 Å². The van der Waals surface area contributed by atoms with E-state index in [0.717, 1.165) is 13.0 Å². The minimum absolute atomic E-state index is 0.101. The van der Waals surface area contributed by atoms with Crippen LogP contribution in [0.1, 0.15) is 26.7 Å². The van der Waals surface area contributed by atoms with Crippen molar-refractivity contribution < 1.29 is 4.79 Å². The number of rotatable bonds is 4. The number of nitrogens with one attached hydrogen (secondary N) is 1. The Morgan fingerprint density at radius 1 is 1.54 bits per heavy atom. The first-order chi connectivity index (χ1) is 6.26. The van der Waals surface area contributed by atoms with Gasteiger partial charge in [-0.2, -0.15) is 4.80 Å². The van der Waals surface area contributed by atoms with Gasteiger partial charge in [0.25, 0.3) is 5.95 Å². The maximum Gasteiger partial charge on any atom is 0.270 e. The number of hydrogen-bond acceptors (Lipinski definition) is 4. The fourth-order valence-corrected chi connectivity index (χ4v) is 0.801. The third-order valence-electron chi connectivity index (χ3n) is 1.45. The number of tetrazole rings is 1. The van der Waals surface area contributed by atoms with E-state index in [4.69, 9.17) is 0 Å². The Balaban J connectivity index is 2.53. The van der Waals surface area contributed by atoms with E-state index in [1.165, 1.54) is 4.80 Å². The Bertz CT molecular complexity index is 282. The van der Waals surface area contributed by atoms with Gasteiger partial charge < -0.3 is 0 Å². The highest BCUT2D eigenvalue weighted by Gasteiger charge is 2.04. The molecule has 1 amide bonds. The van der Waals surface area contributed by atoms with Gasteiger partial charge in [0.05, 0.1) is 6.54 Å². The maximum atomic E-state index is 10.9. The standard InChI is InChI=1S/C7H13N5O/c1-3-5-12-10-7(9-11-12)8-6(13)4-2/h3-5H2,1-2H3,(H,8,10,13). The molecular weight excluding hydrogens is 170 g/mol. The van der Waals surface area contributed by atoms with Gasteiger partial charge in [-0.3, -0.25) is 10.1 Å². The molecule has 0 saturated carbocycles. The lowest BCUT2D eigenvalue weighted by atomic mass is 10.5. The molecule has 0 aliphatic rings. The summed E-state index contributed by atoms with van der Waals surface area (Å²) in [6.45, 7) is 4.51. The van der Waals surface area contributed by atoms with Crippen LogP contribution < -0.4 is 5.32 Å². The number of carbonyl (C=O) groups is 1. The van der Waals surface area contributed by atoms with Crippen molar-refractivity contribution in [3.05, 3.63) is 0 Å². The quantitative estimate of drug-likeness (QED) is 0.734. The van der Waals surface area contributed by atoms with Crippen LogP contribution >= 0.6 is 0 Å². The molecule has 0 spiro atoms. The van der Waals surface area contributed by atoms with Crippen LogP contribution in [0.15, 0.2) is 0 Å². The molecule has 0 radical (unpaired) electrons. The predicted molar refractivity (Wildman–Crippen MR) is 47.0 cm³/mol. The number of anilines is 1. The van der Waals surface area contributed by atoms with Crippen LogP contribution in [0, 0.1) is 0 Å². The average molecular weight is 183 g/mol. The van der Waals surface area contributed by atoms with Gasteiger partial charge in [0, 0.05) is 6.42 Å². The van der Waals surface area contributed by atoms with E-state index >= 15 is 0 Å². The van der Waals surface area contributed by atoms with Crippen LogP contribution in [-0.4, -0.2) is 26.1 Å². The van der Waals surface area contributed by atoms with Crippen molar-refractivity contribution in [3.63, 3.8) is 0 Å². The van der Waals surface area contributed by atoms with Crippen molar-refractivity contribution in [2.45, 2.75) is 33.2 Å². The molecule has 0 bridgehead atoms. The molecule has 0 unspecified atom stereocenters. The van der Waals surface area contributed by atoms with Gasteiger partial charge in [0.2, 0.25) is 5.91 Å². The molecule has 1 heterocycles. The molecule has 1 N–H and O–H groups in total. The van der Waals surface area contributed by atoms with E-state index in [-0.39, 0.29) is 11.9 Å². The Kier molecular flexibility index (Phi) is 3.36. The lowest BCUT2D eigenvalue weighted by Gasteiger charge is -1.94. The SMILES string of the molecule is CCCn1nnc(NC(=O)CC)n1. The van der Waals surface area contributed by atoms with Crippen LogP contribution in [0.5, 0.6) is 0 Å². The fourth-order valence-electron chi connectivity index (χ4n) is 0.801. The summed E-state index contributed by atoms with van der Waals surface area (Å²) >= 11 is 0. The highest BCUT2D eigenvalue weighted by Crippen LogP contribution is 1.95. The largest absolute Gasteiger partial charge is 0.292 e. The summed E-state index contributed by atoms with van der Waals surface area (Å²) in [7, 11) is 0. The first kappa shape index (κ1) is 9.63. The summed E-state index contributed by atoms with van der Waals surface area (Å²) in [5.41, 5.74) is 0. The number of aromatic nitrogens is 4. The molecule has 6 heteroatoms. The zero-order valence-corrected chi connectivity index (χ0v) is 7.82. The van der Waals surface area contributed by atoms with Gasteiger partial charge in [0.1, 0.15) is 0 Å². The lowest BCUT2D eigenvalue weighted by molar-refractivity contribution is -0.115. The van der Waals surface area contributed by atoms with E-state index in [0.29, 0.717) is 6.42 Å². The van der Waals surface area contributed by atoms with E-state index in [1.807, 2.05) is 6.92 Å². The minimum atomic E-state index is -0.101. The molecule has 13 heavy (non-hydrogen) atoms. The van der Waals surface area contributed by atoms with Gasteiger partial charge in [-0.05, 0) is 11.6 Å². The summed E-state index contributed by atoms with van der Waals surface area (Å²) in [5, 5.41) is 13.9. The highest BCUT2D eigenvalue weighted by molar-refractivity contribution is 5.88. The Morgan fingerprint density at radius 2 is 2.31 bits per heavy atom. The molecule has 1 aromatic rings. The maximum absolute atomic E-state index is 10.9. The van der Waals surface area contributed by atoms with E-state index in [1.54, 1.807) is 6.92 Å². The number of nitrogens with zero attached hydrogens (tertiary/aromatic N) is 4. The van der Waals surface area contributed by atoms with E-state index < -0.39 is 0 Å². The monoisotopic (exact) mass is 183 g/mol. The third kappa shape index (κ3) is 2.81. The third-order valence-corrected chi connectivity index (χ3v) is 1.45. The molecule has 0 fully saturated rings. The molecule has 72 valence electrons. The van der Waals surface area contributed by atoms with E-state index in [2.05, 4.69) is 20.7 Å². The molecule has 0 atom stereocenters. The highest BCUT2D eigenvalue weighted by atomic mass is 16.1. The van der Waals surface area contributed by atoms with E-state index in [9.17, 15) is 4.79 Å². The topological polar surface area (TPSA) is 72.7 Å². The number of amides is 1. The summed E-state index contributed by atoms with van der Waals surface area (Å²) in [6, 6.07) is 0. The van der Waals surface area contributed by atoms with Gasteiger partial charge in [-0.15, -0.1) is 5.10 Å². The van der Waals surface area contributed by atoms with Gasteiger partial charge >= 0.3 is 0 Å². The minimum Gasteiger partial charge on any atom is -0.292 e. The second kappa shape index (κ2) is 4.54. The molecule has 0 aliphatic heterocycles. The molecule has 6 nitrogen and oxygen atoms in total. The van der Waals surface area contributed by atoms with Crippen molar-refractivity contribution in [1.29, 1.82) is 0 Å². The van der Waals surface area contributed by atoms with Crippen molar-refractivity contribution in [2.24, 2.45) is 0 Å². The van der Waals surface area contributed by atoms with Crippen molar-refractivity contribution in [3.8, 4) is 0 Å². The first-order valence-electron chi connectivity index (χ1n) is 4.34. The average Bonchev–Trinajstić information content (AvgIpc) is 2.53. The van der Waals surface area contributed by atoms with Gasteiger partial charge in [0.15, 0.2) is 0 Å². The Morgan fingerprint density at radius 3 is 2.92 bits per heavy atom. The summed E-state index contributed by atoms with van der Waals surface area (Å²) in [5.74, 6) is 0.177. The molecule has 0 saturated heterocycles. The van der Waals surface area contributed by atoms with Crippen molar-refractivity contribution in [1.82, 2.24) is 20.2 Å². The predicted octanol–water partition coefficient (Wildman–Crippen LogP) is 0.432. The summed E-state index contributed by atoms with van der Waals surface area (Å²) < 4.78 is 0. The van der Waals surface area contributed by atoms with Gasteiger partial charge in [-0.25, -0.2) is 0 Å². The number of carbonyl (C=O) groups excluding carboxylic acids is 1. The smallest absolute Gasteiger partial charge is 0.270 e.